The molecule has 7 heteroatoms. The highest BCUT2D eigenvalue weighted by atomic mass is 16.6. The predicted molar refractivity (Wildman–Crippen MR) is 153 cm³/mol. The van der Waals surface area contributed by atoms with Gasteiger partial charge >= 0.3 is 11.9 Å². The summed E-state index contributed by atoms with van der Waals surface area (Å²) in [5, 5.41) is 0. The molecular weight excluding hydrogens is 496 g/mol. The molecule has 39 heavy (non-hydrogen) atoms. The lowest BCUT2D eigenvalue weighted by Gasteiger charge is -2.28. The minimum Gasteiger partial charge on any atom is -0.490 e. The molecule has 2 rings (SSSR count). The van der Waals surface area contributed by atoms with Crippen LogP contribution >= 0.6 is 0 Å². The molecule has 0 saturated carbocycles. The van der Waals surface area contributed by atoms with Crippen molar-refractivity contribution in [2.45, 2.75) is 74.7 Å². The van der Waals surface area contributed by atoms with E-state index in [1.54, 1.807) is 71.9 Å². The first kappa shape index (κ1) is 31.6. The molecule has 0 amide bonds. The van der Waals surface area contributed by atoms with Crippen LogP contribution in [0.2, 0.25) is 0 Å². The molecular formula is C32H42O7. The molecule has 0 spiro atoms. The molecule has 0 N–H and O–H groups in total. The maximum Gasteiger partial charge on any atom is 0.316 e. The molecule has 0 atom stereocenters. The monoisotopic (exact) mass is 538 g/mol. The van der Waals surface area contributed by atoms with Crippen molar-refractivity contribution in [3.63, 3.8) is 0 Å². The molecule has 0 radical (unpaired) electrons. The lowest BCUT2D eigenvalue weighted by molar-refractivity contribution is -0.143. The van der Waals surface area contributed by atoms with Gasteiger partial charge in [-0.1, -0.05) is 20.8 Å². The number of benzene rings is 2. The first-order chi connectivity index (χ1) is 17.9. The molecule has 2 aromatic carbocycles. The Balaban J connectivity index is 2.51. The van der Waals surface area contributed by atoms with Gasteiger partial charge in [-0.2, -0.15) is 0 Å². The van der Waals surface area contributed by atoms with E-state index in [-0.39, 0.29) is 11.8 Å². The molecule has 212 valence electrons. The van der Waals surface area contributed by atoms with Crippen LogP contribution in [0.5, 0.6) is 23.0 Å². The average Bonchev–Trinajstić information content (AvgIpc) is 2.82. The van der Waals surface area contributed by atoms with Crippen molar-refractivity contribution < 1.29 is 33.3 Å². The molecule has 0 aliphatic heterocycles. The molecule has 0 bridgehead atoms. The van der Waals surface area contributed by atoms with Crippen molar-refractivity contribution in [1.29, 1.82) is 0 Å². The van der Waals surface area contributed by atoms with Crippen molar-refractivity contribution in [3.05, 3.63) is 53.1 Å². The highest BCUT2D eigenvalue weighted by Crippen LogP contribution is 2.48. The van der Waals surface area contributed by atoms with E-state index in [0.29, 0.717) is 40.7 Å². The van der Waals surface area contributed by atoms with Crippen LogP contribution in [0.4, 0.5) is 0 Å². The number of ketones is 1. The third-order valence-corrected chi connectivity index (χ3v) is 5.70. The zero-order valence-corrected chi connectivity index (χ0v) is 25.1. The Morgan fingerprint density at radius 1 is 0.769 bits per heavy atom. The Kier molecular flexibility index (Phi) is 9.77. The summed E-state index contributed by atoms with van der Waals surface area (Å²) in [7, 11) is 1.49. The van der Waals surface area contributed by atoms with Gasteiger partial charge in [-0.05, 0) is 96.4 Å². The Labute approximate surface area is 232 Å². The fraction of sp³-hybridized carbons (Fsp3) is 0.469. The van der Waals surface area contributed by atoms with Crippen molar-refractivity contribution in [2.24, 2.45) is 10.8 Å². The Morgan fingerprint density at radius 3 is 1.77 bits per heavy atom. The maximum atomic E-state index is 13.0. The van der Waals surface area contributed by atoms with E-state index in [1.807, 2.05) is 33.8 Å². The fourth-order valence-corrected chi connectivity index (χ4v) is 3.36. The number of carbonyl (C=O) groups is 3. The number of allylic oxidation sites excluding steroid dienone is 1. The number of hydrogen-bond acceptors (Lipinski definition) is 7. The van der Waals surface area contributed by atoms with Gasteiger partial charge in [0.2, 0.25) is 5.75 Å². The maximum absolute atomic E-state index is 13.0. The van der Waals surface area contributed by atoms with Gasteiger partial charge in [0, 0.05) is 16.7 Å². The van der Waals surface area contributed by atoms with Crippen LogP contribution < -0.4 is 18.9 Å². The van der Waals surface area contributed by atoms with Gasteiger partial charge in [-0.25, -0.2) is 0 Å². The van der Waals surface area contributed by atoms with Gasteiger partial charge < -0.3 is 18.9 Å². The number of rotatable bonds is 8. The topological polar surface area (TPSA) is 88.1 Å². The van der Waals surface area contributed by atoms with Crippen LogP contribution in [0.15, 0.2) is 36.4 Å². The third kappa shape index (κ3) is 8.19. The number of hydrogen-bond donors (Lipinski definition) is 0. The summed E-state index contributed by atoms with van der Waals surface area (Å²) in [5.74, 6) is 0.336. The van der Waals surface area contributed by atoms with Gasteiger partial charge in [0.25, 0.3) is 0 Å². The Hall–Kier alpha value is -3.61. The van der Waals surface area contributed by atoms with Crippen LogP contribution in [0.25, 0.3) is 6.08 Å². The van der Waals surface area contributed by atoms with E-state index in [1.165, 1.54) is 13.2 Å². The second-order valence-electron chi connectivity index (χ2n) is 12.4. The highest BCUT2D eigenvalue weighted by molar-refractivity contribution is 6.07. The third-order valence-electron chi connectivity index (χ3n) is 5.70. The van der Waals surface area contributed by atoms with Gasteiger partial charge in [-0.3, -0.25) is 14.4 Å². The Bertz CT molecular complexity index is 1230. The van der Waals surface area contributed by atoms with Crippen LogP contribution in [0.1, 0.15) is 90.7 Å². The van der Waals surface area contributed by atoms with Crippen molar-refractivity contribution in [3.8, 4) is 23.0 Å². The zero-order chi connectivity index (χ0) is 29.8. The molecule has 0 fully saturated rings. The quantitative estimate of drug-likeness (QED) is 0.152. The molecule has 0 aliphatic rings. The SMILES string of the molecule is CCOc1c(C=CC(=O)c2ccc(OC(=O)C(C)(C)C)cc2)cc(C(C)(C)C)c(OC(=O)C(C)(C)C)c1OC. The van der Waals surface area contributed by atoms with Gasteiger partial charge in [-0.15, -0.1) is 0 Å². The average molecular weight is 539 g/mol. The van der Waals surface area contributed by atoms with E-state index < -0.39 is 22.2 Å². The molecule has 0 unspecified atom stereocenters. The summed E-state index contributed by atoms with van der Waals surface area (Å²) in [4.78, 5) is 38.0. The fourth-order valence-electron chi connectivity index (χ4n) is 3.36. The number of carbonyl (C=O) groups excluding carboxylic acids is 3. The number of ether oxygens (including phenoxy) is 4. The second kappa shape index (κ2) is 12.1. The van der Waals surface area contributed by atoms with Crippen molar-refractivity contribution in [1.82, 2.24) is 0 Å². The molecule has 0 aromatic heterocycles. The second-order valence-corrected chi connectivity index (χ2v) is 12.4. The summed E-state index contributed by atoms with van der Waals surface area (Å²) in [6, 6.07) is 8.26. The van der Waals surface area contributed by atoms with Crippen LogP contribution in [0.3, 0.4) is 0 Å². The van der Waals surface area contributed by atoms with Gasteiger partial charge in [0.1, 0.15) is 5.75 Å². The molecule has 0 heterocycles. The van der Waals surface area contributed by atoms with Gasteiger partial charge in [0.15, 0.2) is 17.3 Å². The minimum absolute atomic E-state index is 0.245. The summed E-state index contributed by atoms with van der Waals surface area (Å²) in [6.07, 6.45) is 3.11. The van der Waals surface area contributed by atoms with Crippen molar-refractivity contribution >= 4 is 23.8 Å². The number of esters is 2. The molecule has 0 aliphatic carbocycles. The van der Waals surface area contributed by atoms with E-state index in [9.17, 15) is 14.4 Å². The van der Waals surface area contributed by atoms with Crippen LogP contribution in [-0.4, -0.2) is 31.4 Å². The first-order valence-electron chi connectivity index (χ1n) is 13.1. The summed E-state index contributed by atoms with van der Waals surface area (Å²) in [6.45, 7) is 18.9. The molecule has 7 nitrogen and oxygen atoms in total. The standard InChI is InChI=1S/C32H42O7/c1-12-37-25-21(15-18-24(33)20-13-16-22(17-14-20)38-28(34)31(5,6)7)19-23(30(2,3)4)26(27(25)36-11)39-29(35)32(8,9)10/h13-19H,12H2,1-11H3. The van der Waals surface area contributed by atoms with Crippen LogP contribution in [-0.2, 0) is 15.0 Å². The normalized spacial score (nSPS) is 12.3. The predicted octanol–water partition coefficient (Wildman–Crippen LogP) is 7.19. The summed E-state index contributed by atoms with van der Waals surface area (Å²) < 4.78 is 22.9. The number of methoxy groups -OCH3 is 1. The van der Waals surface area contributed by atoms with E-state index in [0.717, 1.165) is 5.56 Å². The van der Waals surface area contributed by atoms with Gasteiger partial charge in [0.05, 0.1) is 24.5 Å². The summed E-state index contributed by atoms with van der Waals surface area (Å²) in [5.41, 5.74) is -0.00620. The molecule has 2 aromatic rings. The van der Waals surface area contributed by atoms with Crippen molar-refractivity contribution in [2.75, 3.05) is 13.7 Å². The smallest absolute Gasteiger partial charge is 0.316 e. The van der Waals surface area contributed by atoms with E-state index in [4.69, 9.17) is 18.9 Å². The molecule has 0 saturated heterocycles. The van der Waals surface area contributed by atoms with E-state index >= 15 is 0 Å². The minimum atomic E-state index is -0.725. The Morgan fingerprint density at radius 2 is 1.31 bits per heavy atom. The lowest BCUT2D eigenvalue weighted by atomic mass is 9.84. The van der Waals surface area contributed by atoms with E-state index in [2.05, 4.69) is 0 Å². The largest absolute Gasteiger partial charge is 0.490 e. The first-order valence-corrected chi connectivity index (χ1v) is 13.1. The summed E-state index contributed by atoms with van der Waals surface area (Å²) >= 11 is 0. The van der Waals surface area contributed by atoms with Crippen LogP contribution in [0, 0.1) is 10.8 Å². The highest BCUT2D eigenvalue weighted by Gasteiger charge is 2.32. The zero-order valence-electron chi connectivity index (χ0n) is 25.1. The lowest BCUT2D eigenvalue weighted by Crippen LogP contribution is -2.27.